The van der Waals surface area contributed by atoms with E-state index < -0.39 is 6.29 Å². The van der Waals surface area contributed by atoms with Crippen LogP contribution in [0.4, 0.5) is 0 Å². The van der Waals surface area contributed by atoms with Crippen molar-refractivity contribution in [3.63, 3.8) is 0 Å². The van der Waals surface area contributed by atoms with Gasteiger partial charge in [-0.1, -0.05) is 48.0 Å². The van der Waals surface area contributed by atoms with Crippen molar-refractivity contribution in [3.8, 4) is 0 Å². The van der Waals surface area contributed by atoms with Crippen LogP contribution in [0.25, 0.3) is 0 Å². The molecule has 1 fully saturated rings. The largest absolute Gasteiger partial charge is 0.394 e. The molecule has 4 atom stereocenters. The molecule has 0 unspecified atom stereocenters. The van der Waals surface area contributed by atoms with E-state index in [2.05, 4.69) is 31.2 Å². The zero-order chi connectivity index (χ0) is 17.6. The van der Waals surface area contributed by atoms with Crippen molar-refractivity contribution in [3.05, 3.63) is 65.7 Å². The van der Waals surface area contributed by atoms with Gasteiger partial charge in [0.1, 0.15) is 6.10 Å². The highest BCUT2D eigenvalue weighted by molar-refractivity contribution is 8.00. The molecule has 134 valence electrons. The maximum absolute atomic E-state index is 9.73. The lowest BCUT2D eigenvalue weighted by Crippen LogP contribution is -2.34. The molecule has 1 saturated heterocycles. The SMILES string of the molecule is CO[C@H]1O[C@H](CO)[C@@H](Sc2ccc(C)cc2)[C@@H]1OCc1ccccc1. The van der Waals surface area contributed by atoms with E-state index in [1.165, 1.54) is 5.56 Å². The molecule has 1 aliphatic rings. The third-order valence-corrected chi connectivity index (χ3v) is 5.65. The summed E-state index contributed by atoms with van der Waals surface area (Å²) in [6.45, 7) is 2.49. The number of methoxy groups -OCH3 is 1. The Morgan fingerprint density at radius 2 is 1.80 bits per heavy atom. The van der Waals surface area contributed by atoms with Crippen LogP contribution in [-0.2, 0) is 20.8 Å². The molecule has 0 aromatic heterocycles. The van der Waals surface area contributed by atoms with Gasteiger partial charge in [0.15, 0.2) is 6.29 Å². The number of aliphatic hydroxyl groups is 1. The molecule has 2 aromatic carbocycles. The molecular weight excluding hydrogens is 336 g/mol. The number of rotatable bonds is 7. The smallest absolute Gasteiger partial charge is 0.185 e. The van der Waals surface area contributed by atoms with Crippen molar-refractivity contribution in [2.75, 3.05) is 13.7 Å². The van der Waals surface area contributed by atoms with Gasteiger partial charge in [-0.25, -0.2) is 0 Å². The normalized spacial score (nSPS) is 26.0. The van der Waals surface area contributed by atoms with Crippen LogP contribution in [0, 0.1) is 6.92 Å². The van der Waals surface area contributed by atoms with E-state index >= 15 is 0 Å². The summed E-state index contributed by atoms with van der Waals surface area (Å²) in [7, 11) is 1.61. The molecule has 1 N–H and O–H groups in total. The summed E-state index contributed by atoms with van der Waals surface area (Å²) < 4.78 is 17.5. The summed E-state index contributed by atoms with van der Waals surface area (Å²) in [5.74, 6) is 0. The highest BCUT2D eigenvalue weighted by atomic mass is 32.2. The van der Waals surface area contributed by atoms with E-state index in [9.17, 15) is 5.11 Å². The zero-order valence-corrected chi connectivity index (χ0v) is 15.3. The molecule has 3 rings (SSSR count). The Morgan fingerprint density at radius 3 is 2.44 bits per heavy atom. The Kier molecular flexibility index (Phi) is 6.51. The van der Waals surface area contributed by atoms with E-state index in [-0.39, 0.29) is 24.1 Å². The first-order chi connectivity index (χ1) is 12.2. The van der Waals surface area contributed by atoms with Gasteiger partial charge in [0.05, 0.1) is 24.6 Å². The first kappa shape index (κ1) is 18.4. The molecule has 0 radical (unpaired) electrons. The van der Waals surface area contributed by atoms with Gasteiger partial charge >= 0.3 is 0 Å². The highest BCUT2D eigenvalue weighted by Gasteiger charge is 2.46. The number of hydrogen-bond donors (Lipinski definition) is 1. The van der Waals surface area contributed by atoms with Crippen LogP contribution in [0.2, 0.25) is 0 Å². The summed E-state index contributed by atoms with van der Waals surface area (Å²) >= 11 is 1.66. The third kappa shape index (κ3) is 4.63. The van der Waals surface area contributed by atoms with Gasteiger partial charge in [-0.15, -0.1) is 11.8 Å². The molecule has 25 heavy (non-hydrogen) atoms. The number of benzene rings is 2. The average Bonchev–Trinajstić information content (AvgIpc) is 2.99. The van der Waals surface area contributed by atoms with Crippen molar-refractivity contribution in [2.45, 2.75) is 42.2 Å². The lowest BCUT2D eigenvalue weighted by atomic mass is 10.2. The molecule has 0 spiro atoms. The number of aliphatic hydroxyl groups excluding tert-OH is 1. The Balaban J connectivity index is 1.74. The van der Waals surface area contributed by atoms with Gasteiger partial charge in [0.25, 0.3) is 0 Å². The fourth-order valence-corrected chi connectivity index (χ4v) is 4.14. The first-order valence-corrected chi connectivity index (χ1v) is 9.27. The predicted octanol–water partition coefficient (Wildman–Crippen LogP) is 3.40. The summed E-state index contributed by atoms with van der Waals surface area (Å²) in [6.07, 6.45) is -1.06. The molecule has 1 heterocycles. The molecular formula is C20H24O4S. The third-order valence-electron chi connectivity index (χ3n) is 4.26. The molecule has 2 aromatic rings. The van der Waals surface area contributed by atoms with Crippen LogP contribution in [-0.4, -0.2) is 42.6 Å². The lowest BCUT2D eigenvalue weighted by molar-refractivity contribution is -0.167. The quantitative estimate of drug-likeness (QED) is 0.820. The summed E-state index contributed by atoms with van der Waals surface area (Å²) in [6, 6.07) is 18.4. The van der Waals surface area contributed by atoms with Crippen LogP contribution < -0.4 is 0 Å². The molecule has 5 heteroatoms. The topological polar surface area (TPSA) is 47.9 Å². The van der Waals surface area contributed by atoms with Crippen LogP contribution in [0.15, 0.2) is 59.5 Å². The van der Waals surface area contributed by atoms with Crippen molar-refractivity contribution in [2.24, 2.45) is 0 Å². The Morgan fingerprint density at radius 1 is 1.08 bits per heavy atom. The standard InChI is InChI=1S/C20H24O4S/c1-14-8-10-16(11-9-14)25-19-17(12-21)24-20(22-2)18(19)23-13-15-6-4-3-5-7-15/h3-11,17-21H,12-13H2,1-2H3/t17-,18+,19-,20+/m1/s1. The maximum Gasteiger partial charge on any atom is 0.185 e. The minimum absolute atomic E-state index is 0.0404. The lowest BCUT2D eigenvalue weighted by Gasteiger charge is -2.23. The zero-order valence-electron chi connectivity index (χ0n) is 14.5. The molecule has 1 aliphatic heterocycles. The van der Waals surface area contributed by atoms with Gasteiger partial charge in [-0.2, -0.15) is 0 Å². The fraction of sp³-hybridized carbons (Fsp3) is 0.400. The van der Waals surface area contributed by atoms with E-state index in [1.807, 2.05) is 30.3 Å². The summed E-state index contributed by atoms with van der Waals surface area (Å²) in [4.78, 5) is 1.13. The van der Waals surface area contributed by atoms with E-state index in [1.54, 1.807) is 18.9 Å². The number of hydrogen-bond acceptors (Lipinski definition) is 5. The predicted molar refractivity (Wildman–Crippen MR) is 98.6 cm³/mol. The van der Waals surface area contributed by atoms with Crippen LogP contribution in [0.3, 0.4) is 0 Å². The van der Waals surface area contributed by atoms with E-state index in [0.29, 0.717) is 6.61 Å². The van der Waals surface area contributed by atoms with Gasteiger partial charge in [-0.3, -0.25) is 0 Å². The first-order valence-electron chi connectivity index (χ1n) is 8.39. The van der Waals surface area contributed by atoms with Gasteiger partial charge in [0.2, 0.25) is 0 Å². The Labute approximate surface area is 153 Å². The van der Waals surface area contributed by atoms with Gasteiger partial charge < -0.3 is 19.3 Å². The maximum atomic E-state index is 9.73. The second-order valence-corrected chi connectivity index (χ2v) is 7.37. The average molecular weight is 360 g/mol. The Hall–Kier alpha value is -1.37. The van der Waals surface area contributed by atoms with Gasteiger partial charge in [-0.05, 0) is 24.6 Å². The van der Waals surface area contributed by atoms with Crippen molar-refractivity contribution >= 4 is 11.8 Å². The molecule has 4 nitrogen and oxygen atoms in total. The molecule has 0 bridgehead atoms. The van der Waals surface area contributed by atoms with E-state index in [4.69, 9.17) is 14.2 Å². The minimum atomic E-state index is -0.483. The second kappa shape index (κ2) is 8.83. The van der Waals surface area contributed by atoms with Gasteiger partial charge in [0, 0.05) is 12.0 Å². The number of ether oxygens (including phenoxy) is 3. The summed E-state index contributed by atoms with van der Waals surface area (Å²) in [5, 5.41) is 9.69. The Bertz CT molecular complexity index is 647. The highest BCUT2D eigenvalue weighted by Crippen LogP contribution is 2.38. The second-order valence-electron chi connectivity index (χ2n) is 6.12. The molecule has 0 amide bonds. The van der Waals surface area contributed by atoms with Crippen LogP contribution >= 0.6 is 11.8 Å². The number of thioether (sulfide) groups is 1. The monoisotopic (exact) mass is 360 g/mol. The minimum Gasteiger partial charge on any atom is -0.394 e. The van der Waals surface area contributed by atoms with Crippen molar-refractivity contribution < 1.29 is 19.3 Å². The van der Waals surface area contributed by atoms with Crippen LogP contribution in [0.1, 0.15) is 11.1 Å². The van der Waals surface area contributed by atoms with Crippen LogP contribution in [0.5, 0.6) is 0 Å². The molecule has 0 aliphatic carbocycles. The summed E-state index contributed by atoms with van der Waals surface area (Å²) in [5.41, 5.74) is 2.32. The fourth-order valence-electron chi connectivity index (χ4n) is 2.89. The van der Waals surface area contributed by atoms with Crippen molar-refractivity contribution in [1.82, 2.24) is 0 Å². The molecule has 0 saturated carbocycles. The van der Waals surface area contributed by atoms with E-state index in [0.717, 1.165) is 10.5 Å². The van der Waals surface area contributed by atoms with Crippen molar-refractivity contribution in [1.29, 1.82) is 0 Å². The number of aryl methyl sites for hydroxylation is 1.